The van der Waals surface area contributed by atoms with Gasteiger partial charge in [-0.05, 0) is 68.0 Å². The molecule has 0 bridgehead atoms. The summed E-state index contributed by atoms with van der Waals surface area (Å²) in [5, 5.41) is 1.03. The Morgan fingerprint density at radius 1 is 1.42 bits per heavy atom. The predicted molar refractivity (Wildman–Crippen MR) is 93.8 cm³/mol. The Balaban J connectivity index is 1.77. The summed E-state index contributed by atoms with van der Waals surface area (Å²) in [7, 11) is 0. The molecule has 1 aromatic carbocycles. The highest BCUT2D eigenvalue weighted by Gasteiger charge is 2.37. The number of hydrogen-bond donors (Lipinski definition) is 2. The molecule has 4 nitrogen and oxygen atoms in total. The fourth-order valence-corrected chi connectivity index (χ4v) is 3.87. The van der Waals surface area contributed by atoms with Crippen LogP contribution < -0.4 is 16.0 Å². The molecule has 1 aliphatic rings. The molecule has 1 saturated carbocycles. The summed E-state index contributed by atoms with van der Waals surface area (Å²) in [4.78, 5) is 14.3. The van der Waals surface area contributed by atoms with E-state index in [4.69, 9.17) is 10.5 Å². The largest absolute Gasteiger partial charge is 0.487 e. The molecule has 0 amide bonds. The van der Waals surface area contributed by atoms with Gasteiger partial charge in [-0.3, -0.25) is 4.79 Å². The first-order valence-corrected chi connectivity index (χ1v) is 8.68. The van der Waals surface area contributed by atoms with Crippen molar-refractivity contribution in [2.75, 3.05) is 0 Å². The molecular weight excluding hydrogens is 307 g/mol. The monoisotopic (exact) mass is 332 g/mol. The van der Waals surface area contributed by atoms with Gasteiger partial charge in [-0.2, -0.15) is 0 Å². The van der Waals surface area contributed by atoms with Crippen molar-refractivity contribution >= 4 is 10.8 Å². The predicted octanol–water partition coefficient (Wildman–Crippen LogP) is 3.73. The summed E-state index contributed by atoms with van der Waals surface area (Å²) in [6, 6.07) is 4.78. The molecule has 3 rings (SSSR count). The third-order valence-corrected chi connectivity index (χ3v) is 5.72. The number of rotatable bonds is 4. The Hall–Kier alpha value is -1.88. The fourth-order valence-electron chi connectivity index (χ4n) is 3.87. The summed E-state index contributed by atoms with van der Waals surface area (Å²) in [6.07, 6.45) is 6.37. The quantitative estimate of drug-likeness (QED) is 0.896. The minimum Gasteiger partial charge on any atom is -0.487 e. The summed E-state index contributed by atoms with van der Waals surface area (Å²) in [5.74, 6) is -0.262. The number of fused-ring (bicyclic) bond motifs is 1. The van der Waals surface area contributed by atoms with Gasteiger partial charge in [0.05, 0.1) is 11.5 Å². The van der Waals surface area contributed by atoms with Gasteiger partial charge in [-0.25, -0.2) is 4.39 Å². The Morgan fingerprint density at radius 2 is 2.12 bits per heavy atom. The van der Waals surface area contributed by atoms with Crippen molar-refractivity contribution in [3.05, 3.63) is 40.6 Å². The maximum atomic E-state index is 14.3. The molecule has 1 unspecified atom stereocenters. The van der Waals surface area contributed by atoms with Gasteiger partial charge in [0.2, 0.25) is 0 Å². The first-order valence-electron chi connectivity index (χ1n) is 8.68. The van der Waals surface area contributed by atoms with E-state index in [2.05, 4.69) is 18.8 Å². The number of nitrogens with one attached hydrogen (secondary N) is 1. The normalized spacial score (nSPS) is 25.6. The molecule has 0 saturated heterocycles. The second-order valence-electron chi connectivity index (χ2n) is 7.00. The number of nitrogens with two attached hydrogens (primary N) is 1. The Morgan fingerprint density at radius 3 is 2.75 bits per heavy atom. The van der Waals surface area contributed by atoms with E-state index in [9.17, 15) is 9.18 Å². The van der Waals surface area contributed by atoms with Gasteiger partial charge in [-0.15, -0.1) is 0 Å². The third kappa shape index (κ3) is 3.05. The average molecular weight is 332 g/mol. The van der Waals surface area contributed by atoms with Crippen LogP contribution in [-0.4, -0.2) is 17.1 Å². The third-order valence-electron chi connectivity index (χ3n) is 5.72. The highest BCUT2D eigenvalue weighted by atomic mass is 19.1. The summed E-state index contributed by atoms with van der Waals surface area (Å²) in [5.41, 5.74) is 6.06. The van der Waals surface area contributed by atoms with E-state index in [1.54, 1.807) is 18.3 Å². The number of H-pyrrole nitrogens is 1. The van der Waals surface area contributed by atoms with Crippen LogP contribution in [0.4, 0.5) is 4.39 Å². The number of hydrogen-bond acceptors (Lipinski definition) is 3. The molecule has 5 heteroatoms. The molecule has 1 aliphatic carbocycles. The van der Waals surface area contributed by atoms with Crippen molar-refractivity contribution < 1.29 is 9.13 Å². The highest BCUT2D eigenvalue weighted by Crippen LogP contribution is 2.42. The van der Waals surface area contributed by atoms with Crippen LogP contribution in [0.5, 0.6) is 5.75 Å². The van der Waals surface area contributed by atoms with Gasteiger partial charge >= 0.3 is 0 Å². The minimum absolute atomic E-state index is 0.00243. The number of benzene rings is 1. The average Bonchev–Trinajstić information content (AvgIpc) is 2.57. The van der Waals surface area contributed by atoms with Crippen LogP contribution in [0.2, 0.25) is 0 Å². The Labute approximate surface area is 141 Å². The number of pyridine rings is 1. The molecule has 1 fully saturated rings. The minimum atomic E-state index is -0.487. The van der Waals surface area contributed by atoms with Crippen molar-refractivity contribution in [3.8, 4) is 5.75 Å². The Bertz CT molecular complexity index is 777. The molecular formula is C19H25FN2O2. The van der Waals surface area contributed by atoms with Crippen LogP contribution in [0, 0.1) is 11.2 Å². The van der Waals surface area contributed by atoms with Crippen molar-refractivity contribution in [2.45, 2.75) is 58.1 Å². The van der Waals surface area contributed by atoms with Crippen LogP contribution in [0.15, 0.2) is 29.2 Å². The maximum absolute atomic E-state index is 14.3. The molecule has 1 aromatic heterocycles. The summed E-state index contributed by atoms with van der Waals surface area (Å²) >= 11 is 0. The second-order valence-corrected chi connectivity index (χ2v) is 7.00. The first-order chi connectivity index (χ1) is 11.4. The van der Waals surface area contributed by atoms with Crippen LogP contribution in [-0.2, 0) is 0 Å². The second kappa shape index (κ2) is 6.55. The molecule has 0 aliphatic heterocycles. The van der Waals surface area contributed by atoms with E-state index < -0.39 is 5.82 Å². The first kappa shape index (κ1) is 17.0. The van der Waals surface area contributed by atoms with Gasteiger partial charge in [0.25, 0.3) is 5.56 Å². The summed E-state index contributed by atoms with van der Waals surface area (Å²) < 4.78 is 20.2. The van der Waals surface area contributed by atoms with Gasteiger partial charge in [0.1, 0.15) is 0 Å². The van der Waals surface area contributed by atoms with Crippen LogP contribution in [0.3, 0.4) is 0 Å². The molecule has 1 heterocycles. The lowest BCUT2D eigenvalue weighted by Crippen LogP contribution is -2.43. The highest BCUT2D eigenvalue weighted by molar-refractivity contribution is 5.82. The van der Waals surface area contributed by atoms with E-state index in [1.165, 1.54) is 6.07 Å². The zero-order valence-corrected chi connectivity index (χ0v) is 14.3. The fraction of sp³-hybridized carbons (Fsp3) is 0.526. The van der Waals surface area contributed by atoms with E-state index in [0.29, 0.717) is 10.8 Å². The van der Waals surface area contributed by atoms with Gasteiger partial charge in [0, 0.05) is 12.2 Å². The molecule has 0 spiro atoms. The number of aromatic amines is 1. The number of aromatic nitrogens is 1. The van der Waals surface area contributed by atoms with Crippen LogP contribution in [0.1, 0.15) is 46.0 Å². The summed E-state index contributed by atoms with van der Waals surface area (Å²) in [6.45, 7) is 4.26. The molecule has 24 heavy (non-hydrogen) atoms. The van der Waals surface area contributed by atoms with Crippen molar-refractivity contribution in [3.63, 3.8) is 0 Å². The zero-order chi connectivity index (χ0) is 17.3. The lowest BCUT2D eigenvalue weighted by atomic mass is 9.67. The zero-order valence-electron chi connectivity index (χ0n) is 14.3. The Kier molecular flexibility index (Phi) is 4.63. The SMILES string of the molecule is CCC1(C(C)N)CCC(Oc2cc3cc[nH]c(=O)c3cc2F)CC1. The van der Waals surface area contributed by atoms with Crippen molar-refractivity contribution in [1.82, 2.24) is 4.98 Å². The maximum Gasteiger partial charge on any atom is 0.255 e. The molecule has 0 radical (unpaired) electrons. The van der Waals surface area contributed by atoms with E-state index in [1.807, 2.05) is 0 Å². The van der Waals surface area contributed by atoms with Crippen LogP contribution in [0.25, 0.3) is 10.8 Å². The lowest BCUT2D eigenvalue weighted by molar-refractivity contribution is 0.0598. The number of halogens is 1. The van der Waals surface area contributed by atoms with Gasteiger partial charge < -0.3 is 15.5 Å². The van der Waals surface area contributed by atoms with Gasteiger partial charge in [-0.1, -0.05) is 6.92 Å². The number of ether oxygens (including phenoxy) is 1. The van der Waals surface area contributed by atoms with E-state index in [-0.39, 0.29) is 28.9 Å². The van der Waals surface area contributed by atoms with E-state index in [0.717, 1.165) is 32.1 Å². The molecule has 130 valence electrons. The lowest BCUT2D eigenvalue weighted by Gasteiger charge is -2.42. The topological polar surface area (TPSA) is 68.1 Å². The standard InChI is InChI=1S/C19H25FN2O2/c1-3-19(12(2)21)7-4-14(5-8-19)24-17-10-13-6-9-22-18(23)15(13)11-16(17)20/h6,9-12,14H,3-5,7-8,21H2,1-2H3,(H,22,23). The van der Waals surface area contributed by atoms with E-state index >= 15 is 0 Å². The molecule has 1 atom stereocenters. The molecule has 2 aromatic rings. The van der Waals surface area contributed by atoms with Crippen LogP contribution >= 0.6 is 0 Å². The smallest absolute Gasteiger partial charge is 0.255 e. The van der Waals surface area contributed by atoms with Gasteiger partial charge in [0.15, 0.2) is 11.6 Å². The molecule has 3 N–H and O–H groups in total. The van der Waals surface area contributed by atoms with Crippen molar-refractivity contribution in [2.24, 2.45) is 11.1 Å². The van der Waals surface area contributed by atoms with Crippen molar-refractivity contribution in [1.29, 1.82) is 0 Å².